The largest absolute Gasteiger partial charge is 0.314 e. The Morgan fingerprint density at radius 1 is 1.00 bits per heavy atom. The van der Waals surface area contributed by atoms with Crippen LogP contribution in [0.15, 0.2) is 0 Å². The van der Waals surface area contributed by atoms with Gasteiger partial charge in [-0.2, -0.15) is 0 Å². The van der Waals surface area contributed by atoms with E-state index in [1.54, 1.807) is 0 Å². The van der Waals surface area contributed by atoms with Crippen molar-refractivity contribution in [3.05, 3.63) is 0 Å². The van der Waals surface area contributed by atoms with Gasteiger partial charge in [0, 0.05) is 6.04 Å². The zero-order valence-corrected chi connectivity index (χ0v) is 8.89. The van der Waals surface area contributed by atoms with Crippen LogP contribution in [0.5, 0.6) is 0 Å². The van der Waals surface area contributed by atoms with Gasteiger partial charge in [0.05, 0.1) is 0 Å². The van der Waals surface area contributed by atoms with E-state index in [-0.39, 0.29) is 0 Å². The van der Waals surface area contributed by atoms with Crippen molar-refractivity contribution < 1.29 is 0 Å². The predicted octanol–water partition coefficient (Wildman–Crippen LogP) is 2.95. The third-order valence-electron chi connectivity index (χ3n) is 4.06. The summed E-state index contributed by atoms with van der Waals surface area (Å²) in [4.78, 5) is 0. The van der Waals surface area contributed by atoms with Crippen molar-refractivity contribution >= 4 is 0 Å². The van der Waals surface area contributed by atoms with Gasteiger partial charge in [0.1, 0.15) is 0 Å². The quantitative estimate of drug-likeness (QED) is 0.706. The number of hydrogen-bond donors (Lipinski definition) is 1. The van der Waals surface area contributed by atoms with E-state index in [9.17, 15) is 0 Å². The van der Waals surface area contributed by atoms with Crippen molar-refractivity contribution in [2.75, 3.05) is 6.54 Å². The fourth-order valence-electron chi connectivity index (χ4n) is 2.63. The molecule has 0 heterocycles. The molecular formula is C12H23N. The SMILES string of the molecule is CC1CCCCC1CNC1CCC1. The van der Waals surface area contributed by atoms with E-state index in [2.05, 4.69) is 12.2 Å². The fraction of sp³-hybridized carbons (Fsp3) is 1.00. The second-order valence-corrected chi connectivity index (χ2v) is 5.06. The van der Waals surface area contributed by atoms with E-state index in [1.807, 2.05) is 0 Å². The summed E-state index contributed by atoms with van der Waals surface area (Å²) in [6, 6.07) is 0.883. The van der Waals surface area contributed by atoms with Crippen LogP contribution in [0.3, 0.4) is 0 Å². The maximum absolute atomic E-state index is 3.72. The first-order chi connectivity index (χ1) is 6.36. The van der Waals surface area contributed by atoms with E-state index in [0.717, 1.165) is 17.9 Å². The Kier molecular flexibility index (Phi) is 3.26. The highest BCUT2D eigenvalue weighted by atomic mass is 14.9. The van der Waals surface area contributed by atoms with E-state index >= 15 is 0 Å². The Balaban J connectivity index is 1.66. The molecule has 76 valence electrons. The van der Waals surface area contributed by atoms with Gasteiger partial charge >= 0.3 is 0 Å². The minimum absolute atomic E-state index is 0.883. The van der Waals surface area contributed by atoms with Gasteiger partial charge in [-0.1, -0.05) is 32.6 Å². The molecule has 2 saturated carbocycles. The molecule has 2 rings (SSSR count). The summed E-state index contributed by atoms with van der Waals surface area (Å²) in [6.45, 7) is 3.73. The Morgan fingerprint density at radius 2 is 1.77 bits per heavy atom. The number of rotatable bonds is 3. The summed E-state index contributed by atoms with van der Waals surface area (Å²) in [7, 11) is 0. The van der Waals surface area contributed by atoms with Crippen LogP contribution in [-0.2, 0) is 0 Å². The minimum atomic E-state index is 0.883. The van der Waals surface area contributed by atoms with Crippen LogP contribution < -0.4 is 5.32 Å². The molecule has 0 amide bonds. The number of hydrogen-bond acceptors (Lipinski definition) is 1. The van der Waals surface area contributed by atoms with Crippen molar-refractivity contribution in [1.82, 2.24) is 5.32 Å². The minimum Gasteiger partial charge on any atom is -0.314 e. The molecule has 1 N–H and O–H groups in total. The lowest BCUT2D eigenvalue weighted by molar-refractivity contribution is 0.223. The lowest BCUT2D eigenvalue weighted by atomic mass is 9.80. The molecule has 2 atom stereocenters. The Bertz CT molecular complexity index is 151. The third kappa shape index (κ3) is 2.46. The average molecular weight is 181 g/mol. The molecule has 2 aliphatic carbocycles. The first-order valence-electron chi connectivity index (χ1n) is 6.09. The molecule has 0 aromatic rings. The maximum Gasteiger partial charge on any atom is 0.00672 e. The van der Waals surface area contributed by atoms with Crippen LogP contribution in [0.1, 0.15) is 51.9 Å². The molecule has 2 unspecified atom stereocenters. The highest BCUT2D eigenvalue weighted by molar-refractivity contribution is 4.80. The van der Waals surface area contributed by atoms with Crippen LogP contribution in [0.25, 0.3) is 0 Å². The molecule has 0 aromatic carbocycles. The van der Waals surface area contributed by atoms with Crippen molar-refractivity contribution in [3.63, 3.8) is 0 Å². The van der Waals surface area contributed by atoms with Gasteiger partial charge in [-0.3, -0.25) is 0 Å². The summed E-state index contributed by atoms with van der Waals surface area (Å²) < 4.78 is 0. The van der Waals surface area contributed by atoms with Crippen molar-refractivity contribution in [1.29, 1.82) is 0 Å². The van der Waals surface area contributed by atoms with Gasteiger partial charge in [-0.05, 0) is 37.6 Å². The lowest BCUT2D eigenvalue weighted by Gasteiger charge is -2.33. The van der Waals surface area contributed by atoms with E-state index in [0.29, 0.717) is 0 Å². The molecule has 1 nitrogen and oxygen atoms in total. The van der Waals surface area contributed by atoms with Gasteiger partial charge in [0.25, 0.3) is 0 Å². The molecule has 2 fully saturated rings. The summed E-state index contributed by atoms with van der Waals surface area (Å²) in [5.74, 6) is 1.95. The Labute approximate surface area is 82.3 Å². The normalized spacial score (nSPS) is 35.8. The monoisotopic (exact) mass is 181 g/mol. The van der Waals surface area contributed by atoms with Gasteiger partial charge in [-0.15, -0.1) is 0 Å². The van der Waals surface area contributed by atoms with Gasteiger partial charge in [0.15, 0.2) is 0 Å². The zero-order valence-electron chi connectivity index (χ0n) is 8.89. The smallest absolute Gasteiger partial charge is 0.00672 e. The highest BCUT2D eigenvalue weighted by Crippen LogP contribution is 2.29. The van der Waals surface area contributed by atoms with E-state index in [4.69, 9.17) is 0 Å². The van der Waals surface area contributed by atoms with Gasteiger partial charge in [-0.25, -0.2) is 0 Å². The van der Waals surface area contributed by atoms with Crippen LogP contribution >= 0.6 is 0 Å². The standard InChI is InChI=1S/C12H23N/c1-10-5-2-3-6-11(10)9-13-12-7-4-8-12/h10-13H,2-9H2,1H3. The van der Waals surface area contributed by atoms with Crippen molar-refractivity contribution in [3.8, 4) is 0 Å². The third-order valence-corrected chi connectivity index (χ3v) is 4.06. The summed E-state index contributed by atoms with van der Waals surface area (Å²) in [5.41, 5.74) is 0. The Morgan fingerprint density at radius 3 is 2.38 bits per heavy atom. The van der Waals surface area contributed by atoms with E-state index in [1.165, 1.54) is 51.5 Å². The van der Waals surface area contributed by atoms with Gasteiger partial charge in [0.2, 0.25) is 0 Å². The average Bonchev–Trinajstić information content (AvgIpc) is 2.05. The first-order valence-corrected chi connectivity index (χ1v) is 6.09. The van der Waals surface area contributed by atoms with Crippen LogP contribution in [0.4, 0.5) is 0 Å². The first kappa shape index (κ1) is 9.51. The lowest BCUT2D eigenvalue weighted by Crippen LogP contribution is -2.40. The molecule has 0 radical (unpaired) electrons. The summed E-state index contributed by atoms with van der Waals surface area (Å²) >= 11 is 0. The number of nitrogens with one attached hydrogen (secondary N) is 1. The molecular weight excluding hydrogens is 158 g/mol. The van der Waals surface area contributed by atoms with Crippen LogP contribution in [-0.4, -0.2) is 12.6 Å². The fourth-order valence-corrected chi connectivity index (χ4v) is 2.63. The van der Waals surface area contributed by atoms with E-state index < -0.39 is 0 Å². The molecule has 2 aliphatic rings. The van der Waals surface area contributed by atoms with Gasteiger partial charge < -0.3 is 5.32 Å². The molecule has 13 heavy (non-hydrogen) atoms. The zero-order chi connectivity index (χ0) is 9.10. The highest BCUT2D eigenvalue weighted by Gasteiger charge is 2.23. The maximum atomic E-state index is 3.72. The molecule has 0 aliphatic heterocycles. The molecule has 0 spiro atoms. The summed E-state index contributed by atoms with van der Waals surface area (Å²) in [5, 5.41) is 3.72. The predicted molar refractivity (Wildman–Crippen MR) is 56.8 cm³/mol. The second-order valence-electron chi connectivity index (χ2n) is 5.06. The molecule has 0 saturated heterocycles. The van der Waals surface area contributed by atoms with Crippen LogP contribution in [0.2, 0.25) is 0 Å². The Hall–Kier alpha value is -0.0400. The topological polar surface area (TPSA) is 12.0 Å². The van der Waals surface area contributed by atoms with Crippen LogP contribution in [0, 0.1) is 11.8 Å². The molecule has 0 bridgehead atoms. The van der Waals surface area contributed by atoms with Crippen molar-refractivity contribution in [2.45, 2.75) is 57.9 Å². The molecule has 0 aromatic heterocycles. The summed E-state index contributed by atoms with van der Waals surface area (Å²) in [6.07, 6.45) is 10.2. The second kappa shape index (κ2) is 4.45. The molecule has 1 heteroatoms. The van der Waals surface area contributed by atoms with Crippen molar-refractivity contribution in [2.24, 2.45) is 11.8 Å².